The second-order valence-corrected chi connectivity index (χ2v) is 7.78. The van der Waals surface area contributed by atoms with E-state index in [0.717, 1.165) is 12.8 Å². The monoisotopic (exact) mass is 401 g/mol. The van der Waals surface area contributed by atoms with Gasteiger partial charge in [0.1, 0.15) is 0 Å². The summed E-state index contributed by atoms with van der Waals surface area (Å²) in [5.74, 6) is 1.08. The normalized spacial score (nSPS) is 16.6. The number of hydrogen-bond donors (Lipinski definition) is 1. The number of nitrogens with one attached hydrogen (secondary N) is 1. The molecule has 0 unspecified atom stereocenters. The molecule has 1 aliphatic rings. The molecule has 0 bridgehead atoms. The van der Waals surface area contributed by atoms with Crippen LogP contribution in [0.1, 0.15) is 30.5 Å². The van der Waals surface area contributed by atoms with Gasteiger partial charge in [-0.05, 0) is 40.9 Å². The standard InChI is InChI=1S/C14H16BrN3O4S/c15-11-3-1-2-4-12(11)23(19,20)16-9-13-17-14(18-22-13)10-5-7-21-8-6-10/h1-4,10,16H,5-9H2. The fourth-order valence-electron chi connectivity index (χ4n) is 2.36. The number of ether oxygens (including phenoxy) is 1. The van der Waals surface area contributed by atoms with Crippen molar-refractivity contribution in [1.82, 2.24) is 14.9 Å². The molecule has 1 saturated heterocycles. The molecule has 7 nitrogen and oxygen atoms in total. The third kappa shape index (κ3) is 3.97. The highest BCUT2D eigenvalue weighted by molar-refractivity contribution is 9.10. The Morgan fingerprint density at radius 2 is 2.00 bits per heavy atom. The topological polar surface area (TPSA) is 94.3 Å². The first-order valence-corrected chi connectivity index (χ1v) is 9.48. The van der Waals surface area contributed by atoms with E-state index in [-0.39, 0.29) is 23.2 Å². The molecule has 0 aliphatic carbocycles. The van der Waals surface area contributed by atoms with Crippen LogP contribution in [0.15, 0.2) is 38.2 Å². The number of aromatic nitrogens is 2. The molecule has 1 aromatic carbocycles. The van der Waals surface area contributed by atoms with Crippen LogP contribution in [-0.2, 0) is 21.3 Å². The molecule has 9 heteroatoms. The zero-order valence-electron chi connectivity index (χ0n) is 12.2. The molecule has 1 aromatic heterocycles. The Bertz CT molecular complexity index is 772. The smallest absolute Gasteiger partial charge is 0.242 e. The number of hydrogen-bond acceptors (Lipinski definition) is 6. The lowest BCUT2D eigenvalue weighted by atomic mass is 10.00. The van der Waals surface area contributed by atoms with Crippen molar-refractivity contribution in [3.8, 4) is 0 Å². The van der Waals surface area contributed by atoms with Crippen molar-refractivity contribution in [2.75, 3.05) is 13.2 Å². The van der Waals surface area contributed by atoms with E-state index in [1.165, 1.54) is 6.07 Å². The van der Waals surface area contributed by atoms with Crippen molar-refractivity contribution in [3.05, 3.63) is 40.5 Å². The van der Waals surface area contributed by atoms with Crippen LogP contribution in [0.3, 0.4) is 0 Å². The Kier molecular flexibility index (Phi) is 5.10. The van der Waals surface area contributed by atoms with E-state index in [2.05, 4.69) is 30.8 Å². The molecule has 0 saturated carbocycles. The highest BCUT2D eigenvalue weighted by Crippen LogP contribution is 2.24. The fraction of sp³-hybridized carbons (Fsp3) is 0.429. The number of nitrogens with zero attached hydrogens (tertiary/aromatic N) is 2. The third-order valence-corrected chi connectivity index (χ3v) is 6.02. The van der Waals surface area contributed by atoms with E-state index in [4.69, 9.17) is 9.26 Å². The molecular formula is C14H16BrN3O4S. The van der Waals surface area contributed by atoms with Gasteiger partial charge in [0.2, 0.25) is 15.9 Å². The minimum absolute atomic E-state index is 0.0418. The molecule has 23 heavy (non-hydrogen) atoms. The quantitative estimate of drug-likeness (QED) is 0.824. The summed E-state index contributed by atoms with van der Waals surface area (Å²) < 4.78 is 38.0. The first-order valence-electron chi connectivity index (χ1n) is 7.21. The highest BCUT2D eigenvalue weighted by Gasteiger charge is 2.22. The third-order valence-electron chi connectivity index (χ3n) is 3.61. The van der Waals surface area contributed by atoms with Crippen molar-refractivity contribution in [2.45, 2.75) is 30.2 Å². The lowest BCUT2D eigenvalue weighted by molar-refractivity contribution is 0.0830. The SMILES string of the molecule is O=S(=O)(NCc1nc(C2CCOCC2)no1)c1ccccc1Br. The maximum absolute atomic E-state index is 12.3. The fourth-order valence-corrected chi connectivity index (χ4v) is 4.33. The highest BCUT2D eigenvalue weighted by atomic mass is 79.9. The van der Waals surface area contributed by atoms with E-state index in [0.29, 0.717) is 23.5 Å². The van der Waals surface area contributed by atoms with Gasteiger partial charge in [0.15, 0.2) is 5.82 Å². The minimum Gasteiger partial charge on any atom is -0.381 e. The summed E-state index contributed by atoms with van der Waals surface area (Å²) >= 11 is 3.23. The zero-order valence-corrected chi connectivity index (χ0v) is 14.6. The van der Waals surface area contributed by atoms with Gasteiger partial charge in [-0.25, -0.2) is 13.1 Å². The second-order valence-electron chi connectivity index (χ2n) is 5.19. The van der Waals surface area contributed by atoms with Crippen LogP contribution in [0.4, 0.5) is 0 Å². The Labute approximate surface area is 142 Å². The summed E-state index contributed by atoms with van der Waals surface area (Å²) in [5.41, 5.74) is 0. The maximum Gasteiger partial charge on any atom is 0.242 e. The summed E-state index contributed by atoms with van der Waals surface area (Å²) in [5, 5.41) is 3.95. The molecule has 0 radical (unpaired) electrons. The summed E-state index contributed by atoms with van der Waals surface area (Å²) in [6.07, 6.45) is 1.70. The largest absolute Gasteiger partial charge is 0.381 e. The van der Waals surface area contributed by atoms with E-state index < -0.39 is 10.0 Å². The molecule has 1 aliphatic heterocycles. The molecule has 124 valence electrons. The Morgan fingerprint density at radius 1 is 1.26 bits per heavy atom. The number of halogens is 1. The average Bonchev–Trinajstić information content (AvgIpc) is 3.03. The summed E-state index contributed by atoms with van der Waals surface area (Å²) in [6.45, 7) is 1.33. The van der Waals surface area contributed by atoms with Crippen LogP contribution in [0.5, 0.6) is 0 Å². The predicted octanol–water partition coefficient (Wildman–Crippen LogP) is 2.20. The van der Waals surface area contributed by atoms with E-state index in [9.17, 15) is 8.42 Å². The van der Waals surface area contributed by atoms with Gasteiger partial charge < -0.3 is 9.26 Å². The van der Waals surface area contributed by atoms with E-state index in [1.54, 1.807) is 18.2 Å². The molecule has 0 atom stereocenters. The predicted molar refractivity (Wildman–Crippen MR) is 85.3 cm³/mol. The summed E-state index contributed by atoms with van der Waals surface area (Å²) in [4.78, 5) is 4.45. The first kappa shape index (κ1) is 16.6. The number of sulfonamides is 1. The first-order chi connectivity index (χ1) is 11.1. The van der Waals surface area contributed by atoms with Crippen LogP contribution >= 0.6 is 15.9 Å². The molecule has 0 spiro atoms. The molecule has 1 fully saturated rings. The van der Waals surface area contributed by atoms with Crippen molar-refractivity contribution in [3.63, 3.8) is 0 Å². The van der Waals surface area contributed by atoms with Gasteiger partial charge in [0.25, 0.3) is 0 Å². The van der Waals surface area contributed by atoms with Gasteiger partial charge >= 0.3 is 0 Å². The Morgan fingerprint density at radius 3 is 2.74 bits per heavy atom. The Hall–Kier alpha value is -1.29. The van der Waals surface area contributed by atoms with Crippen molar-refractivity contribution < 1.29 is 17.7 Å². The van der Waals surface area contributed by atoms with Crippen LogP contribution in [0.25, 0.3) is 0 Å². The molecule has 3 rings (SSSR count). The van der Waals surface area contributed by atoms with Crippen LogP contribution in [-0.4, -0.2) is 31.8 Å². The molecular weight excluding hydrogens is 386 g/mol. The van der Waals surface area contributed by atoms with Crippen molar-refractivity contribution in [2.24, 2.45) is 0 Å². The number of benzene rings is 1. The van der Waals surface area contributed by atoms with Gasteiger partial charge in [-0.1, -0.05) is 17.3 Å². The zero-order chi connectivity index (χ0) is 16.3. The van der Waals surface area contributed by atoms with E-state index in [1.807, 2.05) is 0 Å². The van der Waals surface area contributed by atoms with Gasteiger partial charge in [-0.15, -0.1) is 0 Å². The lowest BCUT2D eigenvalue weighted by Crippen LogP contribution is -2.23. The van der Waals surface area contributed by atoms with E-state index >= 15 is 0 Å². The average molecular weight is 402 g/mol. The Balaban J connectivity index is 1.66. The lowest BCUT2D eigenvalue weighted by Gasteiger charge is -2.18. The van der Waals surface area contributed by atoms with Gasteiger partial charge in [-0.3, -0.25) is 0 Å². The number of rotatable bonds is 5. The molecule has 1 N–H and O–H groups in total. The second kappa shape index (κ2) is 7.08. The summed E-state index contributed by atoms with van der Waals surface area (Å²) in [6, 6.07) is 6.61. The van der Waals surface area contributed by atoms with Crippen molar-refractivity contribution >= 4 is 26.0 Å². The minimum atomic E-state index is -3.65. The van der Waals surface area contributed by atoms with Crippen molar-refractivity contribution in [1.29, 1.82) is 0 Å². The van der Waals surface area contributed by atoms with Crippen LogP contribution in [0.2, 0.25) is 0 Å². The van der Waals surface area contributed by atoms with Crippen LogP contribution in [0, 0.1) is 0 Å². The molecule has 0 amide bonds. The van der Waals surface area contributed by atoms with Gasteiger partial charge in [0.05, 0.1) is 11.4 Å². The molecule has 2 aromatic rings. The maximum atomic E-state index is 12.3. The molecule has 2 heterocycles. The van der Waals surface area contributed by atoms with Crippen LogP contribution < -0.4 is 4.72 Å². The van der Waals surface area contributed by atoms with Gasteiger partial charge in [-0.2, -0.15) is 4.98 Å². The summed E-state index contributed by atoms with van der Waals surface area (Å²) in [7, 11) is -3.65. The van der Waals surface area contributed by atoms with Gasteiger partial charge in [0, 0.05) is 23.6 Å².